The van der Waals surface area contributed by atoms with Crippen molar-refractivity contribution in [3.63, 3.8) is 0 Å². The van der Waals surface area contributed by atoms with Gasteiger partial charge in [0, 0.05) is 32.0 Å². The molecule has 2 aromatic rings. The first-order valence-electron chi connectivity index (χ1n) is 12.0. The Balaban J connectivity index is 1.05. The molecule has 1 aliphatic heterocycles. The van der Waals surface area contributed by atoms with Crippen molar-refractivity contribution >= 4 is 18.0 Å². The number of aliphatic carboxylic acids is 1. The number of carboxylic acid groups (broad SMARTS) is 1. The lowest BCUT2D eigenvalue weighted by molar-refractivity contribution is -0.144. The van der Waals surface area contributed by atoms with Crippen molar-refractivity contribution in [3.8, 4) is 11.1 Å². The quantitative estimate of drug-likeness (QED) is 0.621. The minimum absolute atomic E-state index is 0.00136. The summed E-state index contributed by atoms with van der Waals surface area (Å²) in [6, 6.07) is 16.4. The number of amides is 2. The van der Waals surface area contributed by atoms with Gasteiger partial charge in [-0.15, -0.1) is 0 Å². The van der Waals surface area contributed by atoms with Gasteiger partial charge in [0.25, 0.3) is 0 Å². The van der Waals surface area contributed by atoms with Crippen LogP contribution in [0, 0.1) is 17.3 Å². The van der Waals surface area contributed by atoms with E-state index in [1.165, 1.54) is 22.3 Å². The second-order valence-corrected chi connectivity index (χ2v) is 9.99. The summed E-state index contributed by atoms with van der Waals surface area (Å²) in [5.74, 6) is -0.566. The van der Waals surface area contributed by atoms with Crippen molar-refractivity contribution in [2.24, 2.45) is 17.3 Å². The molecule has 1 saturated carbocycles. The number of carbonyl (C=O) groups is 3. The Labute approximate surface area is 199 Å². The van der Waals surface area contributed by atoms with E-state index in [2.05, 4.69) is 29.6 Å². The lowest BCUT2D eigenvalue weighted by atomic mass is 9.98. The molecule has 2 amide bonds. The molecule has 7 nitrogen and oxygen atoms in total. The van der Waals surface area contributed by atoms with Gasteiger partial charge in [-0.2, -0.15) is 0 Å². The van der Waals surface area contributed by atoms with Gasteiger partial charge in [-0.25, -0.2) is 4.79 Å². The first-order valence-corrected chi connectivity index (χ1v) is 12.0. The van der Waals surface area contributed by atoms with E-state index in [-0.39, 0.29) is 30.3 Å². The summed E-state index contributed by atoms with van der Waals surface area (Å²) >= 11 is 0. The third-order valence-electron chi connectivity index (χ3n) is 7.70. The van der Waals surface area contributed by atoms with Gasteiger partial charge >= 0.3 is 12.1 Å². The highest BCUT2D eigenvalue weighted by atomic mass is 16.5. The van der Waals surface area contributed by atoms with Gasteiger partial charge in [-0.3, -0.25) is 9.59 Å². The van der Waals surface area contributed by atoms with E-state index >= 15 is 0 Å². The van der Waals surface area contributed by atoms with E-state index in [0.29, 0.717) is 38.9 Å². The van der Waals surface area contributed by atoms with Crippen LogP contribution in [0.5, 0.6) is 0 Å². The molecule has 2 fully saturated rings. The highest BCUT2D eigenvalue weighted by molar-refractivity contribution is 5.84. The SMILES string of the molecule is CC(CCNC(=O)OCC1c2ccccc2-c2ccccc21)CC(=O)N1CC2CC2(C(=O)O)C1. The fourth-order valence-corrected chi connectivity index (χ4v) is 5.60. The zero-order valence-electron chi connectivity index (χ0n) is 19.3. The molecule has 1 saturated heterocycles. The molecule has 1 heterocycles. The van der Waals surface area contributed by atoms with Crippen molar-refractivity contribution in [3.05, 3.63) is 59.7 Å². The second kappa shape index (κ2) is 8.78. The van der Waals surface area contributed by atoms with Crippen LogP contribution in [0.2, 0.25) is 0 Å². The summed E-state index contributed by atoms with van der Waals surface area (Å²) in [4.78, 5) is 38.0. The van der Waals surface area contributed by atoms with E-state index in [4.69, 9.17) is 4.74 Å². The number of piperidine rings is 1. The summed E-state index contributed by atoms with van der Waals surface area (Å²) in [6.45, 7) is 3.55. The molecule has 7 heteroatoms. The zero-order valence-corrected chi connectivity index (χ0v) is 19.3. The highest BCUT2D eigenvalue weighted by Gasteiger charge is 2.66. The fourth-order valence-electron chi connectivity index (χ4n) is 5.60. The van der Waals surface area contributed by atoms with Crippen LogP contribution in [0.15, 0.2) is 48.5 Å². The number of nitrogens with one attached hydrogen (secondary N) is 1. The van der Waals surface area contributed by atoms with E-state index in [9.17, 15) is 19.5 Å². The molecule has 2 aliphatic carbocycles. The third-order valence-corrected chi connectivity index (χ3v) is 7.70. The topological polar surface area (TPSA) is 95.9 Å². The van der Waals surface area contributed by atoms with E-state index < -0.39 is 17.5 Å². The smallest absolute Gasteiger partial charge is 0.407 e. The fraction of sp³-hybridized carbons (Fsp3) is 0.444. The van der Waals surface area contributed by atoms with Gasteiger partial charge in [-0.05, 0) is 46.9 Å². The van der Waals surface area contributed by atoms with Crippen LogP contribution in [-0.2, 0) is 14.3 Å². The number of hydrogen-bond acceptors (Lipinski definition) is 4. The lowest BCUT2D eigenvalue weighted by Crippen LogP contribution is -2.35. The third kappa shape index (κ3) is 4.04. The Kier molecular flexibility index (Phi) is 5.80. The van der Waals surface area contributed by atoms with Crippen molar-refractivity contribution in [2.75, 3.05) is 26.2 Å². The molecule has 2 aromatic carbocycles. The number of ether oxygens (including phenoxy) is 1. The zero-order chi connectivity index (χ0) is 23.9. The van der Waals surface area contributed by atoms with E-state index in [1.54, 1.807) is 4.90 Å². The predicted octanol–water partition coefficient (Wildman–Crippen LogP) is 3.87. The standard InChI is InChI=1S/C27H30N2O5/c1-17(12-24(30)29-14-18-13-27(18,16-29)25(31)32)10-11-28-26(33)34-15-23-21-8-4-2-6-19(21)20-7-3-5-9-22(20)23/h2-9,17-18,23H,10-16H2,1H3,(H,28,33)(H,31,32). The normalized spacial score (nSPS) is 23.0. The molecule has 5 rings (SSSR count). The summed E-state index contributed by atoms with van der Waals surface area (Å²) in [5.41, 5.74) is 4.04. The first-order chi connectivity index (χ1) is 16.4. The van der Waals surface area contributed by atoms with Gasteiger partial charge in [0.1, 0.15) is 6.61 Å². The molecule has 3 atom stereocenters. The predicted molar refractivity (Wildman–Crippen MR) is 126 cm³/mol. The molecular formula is C27H30N2O5. The Morgan fingerprint density at radius 1 is 1.12 bits per heavy atom. The summed E-state index contributed by atoms with van der Waals surface area (Å²) in [6.07, 6.45) is 1.24. The van der Waals surface area contributed by atoms with Crippen LogP contribution in [0.1, 0.15) is 43.2 Å². The monoisotopic (exact) mass is 462 g/mol. The molecule has 0 spiro atoms. The van der Waals surface area contributed by atoms with Crippen LogP contribution in [0.3, 0.4) is 0 Å². The summed E-state index contributed by atoms with van der Waals surface area (Å²) in [5, 5.41) is 12.2. The van der Waals surface area contributed by atoms with Crippen molar-refractivity contribution < 1.29 is 24.2 Å². The van der Waals surface area contributed by atoms with Crippen molar-refractivity contribution in [1.82, 2.24) is 10.2 Å². The molecule has 2 N–H and O–H groups in total. The molecule has 3 aliphatic rings. The van der Waals surface area contributed by atoms with E-state index in [1.807, 2.05) is 31.2 Å². The first kappa shape index (κ1) is 22.4. The number of nitrogens with zero attached hydrogens (tertiary/aromatic N) is 1. The summed E-state index contributed by atoms with van der Waals surface area (Å²) < 4.78 is 5.55. The Morgan fingerprint density at radius 3 is 2.38 bits per heavy atom. The maximum Gasteiger partial charge on any atom is 0.407 e. The number of rotatable bonds is 8. The van der Waals surface area contributed by atoms with Gasteiger partial charge in [0.2, 0.25) is 5.91 Å². The van der Waals surface area contributed by atoms with Gasteiger partial charge in [0.15, 0.2) is 0 Å². The molecule has 34 heavy (non-hydrogen) atoms. The number of carboxylic acids is 1. The number of carbonyl (C=O) groups excluding carboxylic acids is 2. The number of fused-ring (bicyclic) bond motifs is 4. The number of likely N-dealkylation sites (tertiary alicyclic amines) is 1. The van der Waals surface area contributed by atoms with Gasteiger partial charge in [0.05, 0.1) is 5.41 Å². The highest BCUT2D eigenvalue weighted by Crippen LogP contribution is 2.58. The molecule has 3 unspecified atom stereocenters. The molecule has 0 bridgehead atoms. The average molecular weight is 463 g/mol. The largest absolute Gasteiger partial charge is 0.481 e. The van der Waals surface area contributed by atoms with Crippen molar-refractivity contribution in [2.45, 2.75) is 32.1 Å². The maximum absolute atomic E-state index is 12.6. The maximum atomic E-state index is 12.6. The second-order valence-electron chi connectivity index (χ2n) is 9.99. The van der Waals surface area contributed by atoms with Crippen LogP contribution in [-0.4, -0.2) is 54.2 Å². The molecule has 0 radical (unpaired) electrons. The van der Waals surface area contributed by atoms with Crippen LogP contribution in [0.4, 0.5) is 4.79 Å². The lowest BCUT2D eigenvalue weighted by Gasteiger charge is -2.21. The average Bonchev–Trinajstić information content (AvgIpc) is 3.25. The van der Waals surface area contributed by atoms with Crippen LogP contribution >= 0.6 is 0 Å². The Morgan fingerprint density at radius 2 is 1.76 bits per heavy atom. The Hall–Kier alpha value is -3.35. The van der Waals surface area contributed by atoms with Gasteiger partial charge < -0.3 is 20.1 Å². The number of benzene rings is 2. The Bertz CT molecular complexity index is 1090. The number of hydrogen-bond donors (Lipinski definition) is 2. The minimum Gasteiger partial charge on any atom is -0.481 e. The molecule has 0 aromatic heterocycles. The van der Waals surface area contributed by atoms with Crippen LogP contribution in [0.25, 0.3) is 11.1 Å². The minimum atomic E-state index is -0.784. The van der Waals surface area contributed by atoms with Gasteiger partial charge in [-0.1, -0.05) is 55.5 Å². The summed E-state index contributed by atoms with van der Waals surface area (Å²) in [7, 11) is 0. The molecular weight excluding hydrogens is 432 g/mol. The molecule has 178 valence electrons. The number of alkyl carbamates (subject to hydrolysis) is 1. The van der Waals surface area contributed by atoms with Crippen molar-refractivity contribution in [1.29, 1.82) is 0 Å². The van der Waals surface area contributed by atoms with E-state index in [0.717, 1.165) is 0 Å². The van der Waals surface area contributed by atoms with Crippen LogP contribution < -0.4 is 5.32 Å².